The van der Waals surface area contributed by atoms with E-state index in [1.807, 2.05) is 53.7 Å². The first kappa shape index (κ1) is 16.1. The molecule has 1 atom stereocenters. The Kier molecular flexibility index (Phi) is 4.18. The van der Waals surface area contributed by atoms with Crippen LogP contribution in [0.4, 0.5) is 0 Å². The Labute approximate surface area is 127 Å². The third-order valence-corrected chi connectivity index (χ3v) is 4.62. The predicted molar refractivity (Wildman–Crippen MR) is 84.5 cm³/mol. The third kappa shape index (κ3) is 2.99. The number of nitrogens with one attached hydrogen (secondary N) is 1. The highest BCUT2D eigenvalue weighted by atomic mass is 16.7. The molecule has 1 aromatic carbocycles. The van der Waals surface area contributed by atoms with E-state index in [4.69, 9.17) is 9.31 Å². The quantitative estimate of drug-likeness (QED) is 0.682. The van der Waals surface area contributed by atoms with E-state index in [1.54, 1.807) is 0 Å². The van der Waals surface area contributed by atoms with E-state index < -0.39 is 0 Å². The van der Waals surface area contributed by atoms with Gasteiger partial charge in [0.05, 0.1) is 17.2 Å². The van der Waals surface area contributed by atoms with Crippen molar-refractivity contribution in [2.24, 2.45) is 0 Å². The molecule has 1 aromatic rings. The lowest BCUT2D eigenvalue weighted by Crippen LogP contribution is -2.41. The minimum Gasteiger partial charge on any atom is -0.399 e. The van der Waals surface area contributed by atoms with Gasteiger partial charge in [-0.2, -0.15) is 0 Å². The summed E-state index contributed by atoms with van der Waals surface area (Å²) in [6, 6.07) is 6.10. The van der Waals surface area contributed by atoms with Gasteiger partial charge in [0.15, 0.2) is 0 Å². The molecule has 0 aromatic heterocycles. The van der Waals surface area contributed by atoms with Crippen LogP contribution >= 0.6 is 0 Å². The van der Waals surface area contributed by atoms with E-state index in [1.165, 1.54) is 0 Å². The highest BCUT2D eigenvalue weighted by Crippen LogP contribution is 2.36. The third-order valence-electron chi connectivity index (χ3n) is 4.62. The van der Waals surface area contributed by atoms with Crippen molar-refractivity contribution in [3.05, 3.63) is 29.3 Å². The molecule has 0 bridgehead atoms. The van der Waals surface area contributed by atoms with Gasteiger partial charge in [0.2, 0.25) is 6.41 Å². The molecule has 0 saturated carbocycles. The first-order valence-electron chi connectivity index (χ1n) is 7.34. The van der Waals surface area contributed by atoms with Crippen LogP contribution in [0.2, 0.25) is 0 Å². The first-order valence-corrected chi connectivity index (χ1v) is 7.34. The normalized spacial score (nSPS) is 21.1. The molecule has 4 nitrogen and oxygen atoms in total. The zero-order valence-electron chi connectivity index (χ0n) is 13.7. The molecule has 0 aliphatic carbocycles. The Bertz CT molecular complexity index is 526. The van der Waals surface area contributed by atoms with Gasteiger partial charge in [-0.25, -0.2) is 0 Å². The Morgan fingerprint density at radius 1 is 1.19 bits per heavy atom. The van der Waals surface area contributed by atoms with E-state index >= 15 is 0 Å². The molecule has 0 radical (unpaired) electrons. The fourth-order valence-corrected chi connectivity index (χ4v) is 2.40. The van der Waals surface area contributed by atoms with Crippen LogP contribution < -0.4 is 10.8 Å². The van der Waals surface area contributed by atoms with Crippen molar-refractivity contribution in [2.45, 2.75) is 58.8 Å². The smallest absolute Gasteiger partial charge is 0.399 e. The average Bonchev–Trinajstić information content (AvgIpc) is 2.58. The number of aryl methyl sites for hydroxylation is 1. The average molecular weight is 289 g/mol. The maximum atomic E-state index is 10.5. The summed E-state index contributed by atoms with van der Waals surface area (Å²) in [5.74, 6) is 0. The molecule has 1 aliphatic rings. The Morgan fingerprint density at radius 2 is 1.76 bits per heavy atom. The summed E-state index contributed by atoms with van der Waals surface area (Å²) in [6.45, 7) is 12.2. The largest absolute Gasteiger partial charge is 0.495 e. The number of hydrogen-bond donors (Lipinski definition) is 1. The van der Waals surface area contributed by atoms with Crippen LogP contribution in [0.5, 0.6) is 0 Å². The summed E-state index contributed by atoms with van der Waals surface area (Å²) in [7, 11) is -0.349. The fraction of sp³-hybridized carbons (Fsp3) is 0.562. The van der Waals surface area contributed by atoms with Crippen molar-refractivity contribution in [1.82, 2.24) is 5.32 Å². The van der Waals surface area contributed by atoms with Gasteiger partial charge in [-0.05, 0) is 52.6 Å². The van der Waals surface area contributed by atoms with Crippen molar-refractivity contribution in [1.29, 1.82) is 0 Å². The summed E-state index contributed by atoms with van der Waals surface area (Å²) >= 11 is 0. The molecule has 0 spiro atoms. The van der Waals surface area contributed by atoms with Crippen molar-refractivity contribution in [2.75, 3.05) is 0 Å². The number of benzene rings is 1. The standard InChI is InChI=1S/C16H24BNO3/c1-11-9-13(12(2)18-10-19)7-8-14(11)17-20-15(3,4)16(5,6)21-17/h7-10,12H,1-6H3,(H,18,19). The van der Waals surface area contributed by atoms with Gasteiger partial charge in [-0.3, -0.25) is 4.79 Å². The molecule has 21 heavy (non-hydrogen) atoms. The lowest BCUT2D eigenvalue weighted by molar-refractivity contribution is -0.110. The van der Waals surface area contributed by atoms with Gasteiger partial charge >= 0.3 is 7.12 Å². The van der Waals surface area contributed by atoms with E-state index in [0.29, 0.717) is 0 Å². The van der Waals surface area contributed by atoms with Crippen molar-refractivity contribution in [3.63, 3.8) is 0 Å². The van der Waals surface area contributed by atoms with Gasteiger partial charge in [0, 0.05) is 0 Å². The van der Waals surface area contributed by atoms with E-state index in [9.17, 15) is 4.79 Å². The first-order chi connectivity index (χ1) is 9.68. The monoisotopic (exact) mass is 289 g/mol. The Hall–Kier alpha value is -1.33. The number of carbonyl (C=O) groups is 1. The summed E-state index contributed by atoms with van der Waals surface area (Å²) in [4.78, 5) is 10.5. The van der Waals surface area contributed by atoms with E-state index in [2.05, 4.69) is 11.4 Å². The number of hydrogen-bond acceptors (Lipinski definition) is 3. The minimum absolute atomic E-state index is 0.00598. The van der Waals surface area contributed by atoms with Crippen LogP contribution in [0.25, 0.3) is 0 Å². The maximum Gasteiger partial charge on any atom is 0.495 e. The van der Waals surface area contributed by atoms with E-state index in [0.717, 1.165) is 23.0 Å². The molecule has 1 unspecified atom stereocenters. The number of amides is 1. The van der Waals surface area contributed by atoms with Gasteiger partial charge < -0.3 is 14.6 Å². The molecule has 1 amide bonds. The number of carbonyl (C=O) groups excluding carboxylic acids is 1. The Morgan fingerprint density at radius 3 is 2.24 bits per heavy atom. The zero-order chi connectivity index (χ0) is 15.8. The molecule has 1 aliphatic heterocycles. The molecule has 1 fully saturated rings. The van der Waals surface area contributed by atoms with Gasteiger partial charge in [0.1, 0.15) is 0 Å². The molecule has 114 valence electrons. The van der Waals surface area contributed by atoms with Gasteiger partial charge in [-0.1, -0.05) is 23.8 Å². The molecular weight excluding hydrogens is 265 g/mol. The second-order valence-electron chi connectivity index (χ2n) is 6.71. The minimum atomic E-state index is -0.349. The highest BCUT2D eigenvalue weighted by Gasteiger charge is 2.52. The molecule has 1 heterocycles. The lowest BCUT2D eigenvalue weighted by Gasteiger charge is -2.32. The number of rotatable bonds is 4. The fourth-order valence-electron chi connectivity index (χ4n) is 2.40. The van der Waals surface area contributed by atoms with Crippen LogP contribution in [0.15, 0.2) is 18.2 Å². The van der Waals surface area contributed by atoms with Crippen molar-refractivity contribution >= 4 is 19.0 Å². The summed E-state index contributed by atoms with van der Waals surface area (Å²) in [5, 5.41) is 2.76. The van der Waals surface area contributed by atoms with Gasteiger partial charge in [-0.15, -0.1) is 0 Å². The summed E-state index contributed by atoms with van der Waals surface area (Å²) in [5.41, 5.74) is 2.53. The topological polar surface area (TPSA) is 47.6 Å². The molecular formula is C16H24BNO3. The molecule has 1 N–H and O–H groups in total. The van der Waals surface area contributed by atoms with Crippen LogP contribution in [0.1, 0.15) is 51.8 Å². The SMILES string of the molecule is Cc1cc(C(C)NC=O)ccc1B1OC(C)(C)C(C)(C)O1. The van der Waals surface area contributed by atoms with E-state index in [-0.39, 0.29) is 24.4 Å². The summed E-state index contributed by atoms with van der Waals surface area (Å²) in [6.07, 6.45) is 0.724. The molecule has 2 rings (SSSR count). The van der Waals surface area contributed by atoms with Crippen molar-refractivity contribution < 1.29 is 14.1 Å². The predicted octanol–water partition coefficient (Wildman–Crippen LogP) is 2.10. The lowest BCUT2D eigenvalue weighted by atomic mass is 9.75. The maximum absolute atomic E-state index is 10.5. The highest BCUT2D eigenvalue weighted by molar-refractivity contribution is 6.62. The van der Waals surface area contributed by atoms with Crippen LogP contribution in [0, 0.1) is 6.92 Å². The molecule has 1 saturated heterocycles. The van der Waals surface area contributed by atoms with Gasteiger partial charge in [0.25, 0.3) is 0 Å². The zero-order valence-corrected chi connectivity index (χ0v) is 13.7. The Balaban J connectivity index is 2.25. The second kappa shape index (κ2) is 5.46. The second-order valence-corrected chi connectivity index (χ2v) is 6.71. The van der Waals surface area contributed by atoms with Crippen LogP contribution in [-0.4, -0.2) is 24.7 Å². The summed E-state index contributed by atoms with van der Waals surface area (Å²) < 4.78 is 12.2. The van der Waals surface area contributed by atoms with Crippen LogP contribution in [-0.2, 0) is 14.1 Å². The molecule has 5 heteroatoms. The van der Waals surface area contributed by atoms with Crippen molar-refractivity contribution in [3.8, 4) is 0 Å². The van der Waals surface area contributed by atoms with Crippen LogP contribution in [0.3, 0.4) is 0 Å².